The van der Waals surface area contributed by atoms with Crippen molar-refractivity contribution in [2.24, 2.45) is 0 Å². The Morgan fingerprint density at radius 2 is 1.83 bits per heavy atom. The molecule has 5 nitrogen and oxygen atoms in total. The number of halogens is 4. The van der Waals surface area contributed by atoms with E-state index in [0.717, 1.165) is 46.6 Å². The summed E-state index contributed by atoms with van der Waals surface area (Å²) in [7, 11) is -4.10. The Kier molecular flexibility index (Phi) is 3.90. The molecule has 2 atom stereocenters. The maximum atomic E-state index is 13.5. The van der Waals surface area contributed by atoms with E-state index in [1.807, 2.05) is 6.07 Å². The molecular formula is C19H13ClF3N3O2S. The second-order valence-electron chi connectivity index (χ2n) is 7.03. The van der Waals surface area contributed by atoms with E-state index >= 15 is 0 Å². The van der Waals surface area contributed by atoms with E-state index in [0.29, 0.717) is 11.4 Å². The predicted octanol–water partition coefficient (Wildman–Crippen LogP) is 4.47. The Hall–Kier alpha value is -2.36. The Morgan fingerprint density at radius 3 is 2.52 bits per heavy atom. The van der Waals surface area contributed by atoms with Gasteiger partial charge in [-0.05, 0) is 41.5 Å². The molecule has 2 aliphatic rings. The van der Waals surface area contributed by atoms with Gasteiger partial charge in [-0.25, -0.2) is 8.42 Å². The summed E-state index contributed by atoms with van der Waals surface area (Å²) in [6.45, 7) is 0. The Balaban J connectivity index is 1.66. The van der Waals surface area contributed by atoms with Crippen molar-refractivity contribution in [2.75, 3.05) is 0 Å². The summed E-state index contributed by atoms with van der Waals surface area (Å²) < 4.78 is 66.9. The van der Waals surface area contributed by atoms with E-state index in [2.05, 4.69) is 10.2 Å². The number of hydrogen-bond donors (Lipinski definition) is 1. The normalized spacial score (nSPS) is 21.1. The van der Waals surface area contributed by atoms with Crippen LogP contribution in [0.5, 0.6) is 0 Å². The number of alkyl halides is 3. The SMILES string of the molecule is O=S(=O)(c1ccc(C(F)(F)F)cc1)N1[C@H]2c3cn[nH]c3C[C@@H]1c1c(Cl)cccc12. The van der Waals surface area contributed by atoms with Crippen molar-refractivity contribution in [3.05, 3.63) is 81.6 Å². The van der Waals surface area contributed by atoms with Crippen molar-refractivity contribution in [2.45, 2.75) is 29.6 Å². The van der Waals surface area contributed by atoms with Gasteiger partial charge in [-0.2, -0.15) is 22.6 Å². The lowest BCUT2D eigenvalue weighted by Crippen LogP contribution is -2.37. The maximum Gasteiger partial charge on any atom is 0.416 e. The number of aromatic amines is 1. The van der Waals surface area contributed by atoms with Crippen LogP contribution in [0.25, 0.3) is 0 Å². The lowest BCUT2D eigenvalue weighted by molar-refractivity contribution is -0.137. The summed E-state index contributed by atoms with van der Waals surface area (Å²) >= 11 is 6.41. The van der Waals surface area contributed by atoms with E-state index in [1.165, 1.54) is 4.31 Å². The Labute approximate surface area is 169 Å². The number of aromatic nitrogens is 2. The lowest BCUT2D eigenvalue weighted by Gasteiger charge is -2.33. The van der Waals surface area contributed by atoms with Gasteiger partial charge in [0.25, 0.3) is 0 Å². The molecule has 2 aromatic carbocycles. The molecule has 29 heavy (non-hydrogen) atoms. The predicted molar refractivity (Wildman–Crippen MR) is 98.8 cm³/mol. The first-order chi connectivity index (χ1) is 13.7. The monoisotopic (exact) mass is 439 g/mol. The van der Waals surface area contributed by atoms with Crippen molar-refractivity contribution >= 4 is 21.6 Å². The number of benzene rings is 2. The van der Waals surface area contributed by atoms with Crippen molar-refractivity contribution in [1.82, 2.24) is 14.5 Å². The summed E-state index contributed by atoms with van der Waals surface area (Å²) in [5.41, 5.74) is 2.13. The molecule has 0 saturated heterocycles. The summed E-state index contributed by atoms with van der Waals surface area (Å²) in [6, 6.07) is 7.63. The molecule has 2 aliphatic heterocycles. The van der Waals surface area contributed by atoms with E-state index in [9.17, 15) is 21.6 Å². The molecular weight excluding hydrogens is 427 g/mol. The van der Waals surface area contributed by atoms with E-state index in [4.69, 9.17) is 11.6 Å². The number of rotatable bonds is 2. The highest BCUT2D eigenvalue weighted by Crippen LogP contribution is 2.55. The fraction of sp³-hybridized carbons (Fsp3) is 0.211. The van der Waals surface area contributed by atoms with Gasteiger partial charge < -0.3 is 0 Å². The van der Waals surface area contributed by atoms with Gasteiger partial charge in [0, 0.05) is 22.7 Å². The van der Waals surface area contributed by atoms with E-state index < -0.39 is 33.8 Å². The van der Waals surface area contributed by atoms with Crippen LogP contribution in [-0.4, -0.2) is 22.9 Å². The standard InChI is InChI=1S/C19H13ClF3N3O2S/c20-14-3-1-2-12-17(14)16-8-15-13(9-24-25-15)18(12)26(16)29(27,28)11-6-4-10(5-7-11)19(21,22)23/h1-7,9,16,18H,8H2,(H,24,25)/t16-,18-/m1/s1. The highest BCUT2D eigenvalue weighted by atomic mass is 35.5. The average Bonchev–Trinajstić information content (AvgIpc) is 3.23. The van der Waals surface area contributed by atoms with Crippen LogP contribution in [0, 0.1) is 0 Å². The lowest BCUT2D eigenvalue weighted by atomic mass is 10.0. The van der Waals surface area contributed by atoms with Crippen LogP contribution in [0.3, 0.4) is 0 Å². The molecule has 1 N–H and O–H groups in total. The van der Waals surface area contributed by atoms with Crippen LogP contribution in [0.15, 0.2) is 53.6 Å². The van der Waals surface area contributed by atoms with Crippen molar-refractivity contribution < 1.29 is 21.6 Å². The molecule has 2 bridgehead atoms. The molecule has 0 spiro atoms. The highest BCUT2D eigenvalue weighted by Gasteiger charge is 2.51. The number of H-pyrrole nitrogens is 1. The first kappa shape index (κ1) is 18.7. The van der Waals surface area contributed by atoms with Crippen LogP contribution in [0.1, 0.15) is 40.0 Å². The van der Waals surface area contributed by atoms with Gasteiger partial charge in [0.1, 0.15) is 0 Å². The zero-order chi connectivity index (χ0) is 20.6. The maximum absolute atomic E-state index is 13.5. The smallest absolute Gasteiger partial charge is 0.282 e. The molecule has 0 amide bonds. The summed E-state index contributed by atoms with van der Waals surface area (Å²) in [6.07, 6.45) is -2.61. The van der Waals surface area contributed by atoms with Crippen molar-refractivity contribution in [3.63, 3.8) is 0 Å². The molecule has 3 aromatic rings. The molecule has 3 heterocycles. The second-order valence-corrected chi connectivity index (χ2v) is 9.28. The zero-order valence-corrected chi connectivity index (χ0v) is 16.2. The molecule has 150 valence electrons. The fourth-order valence-corrected chi connectivity index (χ4v) is 6.29. The molecule has 1 aromatic heterocycles. The third kappa shape index (κ3) is 2.64. The minimum Gasteiger partial charge on any atom is -0.282 e. The largest absolute Gasteiger partial charge is 0.416 e. The number of hydrogen-bond acceptors (Lipinski definition) is 3. The van der Waals surface area contributed by atoms with Gasteiger partial charge in [0.05, 0.1) is 28.7 Å². The van der Waals surface area contributed by atoms with Crippen LogP contribution in [0.4, 0.5) is 13.2 Å². The Bertz CT molecular complexity index is 1220. The minimum absolute atomic E-state index is 0.198. The van der Waals surface area contributed by atoms with Crippen LogP contribution < -0.4 is 0 Å². The van der Waals surface area contributed by atoms with E-state index in [1.54, 1.807) is 18.3 Å². The fourth-order valence-electron chi connectivity index (χ4n) is 4.24. The number of nitrogens with zero attached hydrogens (tertiary/aromatic N) is 2. The topological polar surface area (TPSA) is 66.1 Å². The number of sulfonamides is 1. The molecule has 5 rings (SSSR count). The van der Waals surface area contributed by atoms with Crippen molar-refractivity contribution in [1.29, 1.82) is 0 Å². The van der Waals surface area contributed by atoms with Gasteiger partial charge in [-0.3, -0.25) is 5.10 Å². The van der Waals surface area contributed by atoms with Gasteiger partial charge in [0.15, 0.2) is 0 Å². The third-order valence-corrected chi connectivity index (χ3v) is 7.69. The average molecular weight is 440 g/mol. The molecule has 0 aliphatic carbocycles. The van der Waals surface area contributed by atoms with Gasteiger partial charge >= 0.3 is 6.18 Å². The van der Waals surface area contributed by atoms with Crippen LogP contribution in [0.2, 0.25) is 5.02 Å². The number of nitrogens with one attached hydrogen (secondary N) is 1. The second kappa shape index (κ2) is 6.07. The molecule has 0 unspecified atom stereocenters. The van der Waals surface area contributed by atoms with Crippen LogP contribution >= 0.6 is 11.6 Å². The Morgan fingerprint density at radius 1 is 1.10 bits per heavy atom. The highest BCUT2D eigenvalue weighted by molar-refractivity contribution is 7.89. The molecule has 0 radical (unpaired) electrons. The third-order valence-electron chi connectivity index (χ3n) is 5.48. The van der Waals surface area contributed by atoms with Crippen LogP contribution in [-0.2, 0) is 22.6 Å². The first-order valence-electron chi connectivity index (χ1n) is 8.71. The van der Waals surface area contributed by atoms with Gasteiger partial charge in [0.2, 0.25) is 10.0 Å². The number of fused-ring (bicyclic) bond motifs is 7. The van der Waals surface area contributed by atoms with Gasteiger partial charge in [-0.1, -0.05) is 23.7 Å². The minimum atomic E-state index is -4.54. The van der Waals surface area contributed by atoms with Crippen molar-refractivity contribution in [3.8, 4) is 0 Å². The summed E-state index contributed by atoms with van der Waals surface area (Å²) in [5, 5.41) is 7.41. The zero-order valence-electron chi connectivity index (χ0n) is 14.6. The molecule has 0 fully saturated rings. The first-order valence-corrected chi connectivity index (χ1v) is 10.5. The summed E-state index contributed by atoms with van der Waals surface area (Å²) in [5.74, 6) is 0. The quantitative estimate of drug-likeness (QED) is 0.640. The van der Waals surface area contributed by atoms with Gasteiger partial charge in [-0.15, -0.1) is 0 Å². The van der Waals surface area contributed by atoms with E-state index in [-0.39, 0.29) is 4.90 Å². The molecule has 10 heteroatoms. The molecule has 0 saturated carbocycles. The summed E-state index contributed by atoms with van der Waals surface area (Å²) in [4.78, 5) is -0.198.